The van der Waals surface area contributed by atoms with Crippen LogP contribution in [0.1, 0.15) is 26.2 Å². The van der Waals surface area contributed by atoms with Crippen LogP contribution in [0.4, 0.5) is 18.9 Å². The molecule has 2 aromatic rings. The second-order valence-corrected chi connectivity index (χ2v) is 7.65. The molecule has 0 N–H and O–H groups in total. The molecule has 2 rings (SSSR count). The normalized spacial score (nSPS) is 12.8. The Bertz CT molecular complexity index is 770. The summed E-state index contributed by atoms with van der Waals surface area (Å²) in [5, 5.41) is 4.34. The third kappa shape index (κ3) is 6.41. The maximum atomic E-state index is 12.9. The van der Waals surface area contributed by atoms with Crippen molar-refractivity contribution in [3.8, 4) is 5.69 Å². The van der Waals surface area contributed by atoms with Gasteiger partial charge in [0.05, 0.1) is 18.1 Å². The molecule has 1 amide bonds. The van der Waals surface area contributed by atoms with Crippen molar-refractivity contribution in [1.29, 1.82) is 0 Å². The van der Waals surface area contributed by atoms with E-state index in [0.717, 1.165) is 0 Å². The van der Waals surface area contributed by atoms with E-state index in [1.807, 2.05) is 6.26 Å². The molecule has 0 aliphatic carbocycles. The first-order valence-corrected chi connectivity index (χ1v) is 10.5. The minimum Gasteiger partial charge on any atom is -0.308 e. The Morgan fingerprint density at radius 3 is 2.75 bits per heavy atom. The number of unbranched alkanes of at least 4 members (excludes halogenated alkanes) is 1. The fourth-order valence-corrected chi connectivity index (χ4v) is 3.55. The Morgan fingerprint density at radius 2 is 2.14 bits per heavy atom. The number of alkyl halides is 3. The summed E-state index contributed by atoms with van der Waals surface area (Å²) >= 11 is 7.80. The van der Waals surface area contributed by atoms with Gasteiger partial charge in [-0.1, -0.05) is 18.5 Å². The van der Waals surface area contributed by atoms with Gasteiger partial charge in [0.1, 0.15) is 5.69 Å². The van der Waals surface area contributed by atoms with Gasteiger partial charge in [-0.2, -0.15) is 30.0 Å². The topological polar surface area (TPSA) is 51.0 Å². The number of hydrogen-bond acceptors (Lipinski definition) is 4. The number of aromatic nitrogens is 3. The Hall–Kier alpha value is -1.74. The molecular formula is C18H22ClF3N4OS. The molecule has 0 aliphatic rings. The fourth-order valence-electron chi connectivity index (χ4n) is 2.68. The minimum atomic E-state index is -4.20. The van der Waals surface area contributed by atoms with Crippen molar-refractivity contribution < 1.29 is 18.0 Å². The number of rotatable bonds is 9. The monoisotopic (exact) mass is 434 g/mol. The van der Waals surface area contributed by atoms with E-state index in [1.165, 1.54) is 21.3 Å². The molecule has 2 heterocycles. The van der Waals surface area contributed by atoms with Crippen LogP contribution >= 0.6 is 23.4 Å². The summed E-state index contributed by atoms with van der Waals surface area (Å²) in [5.41, 5.74) is 1.05. The maximum absolute atomic E-state index is 12.9. The van der Waals surface area contributed by atoms with Crippen LogP contribution in [0, 0.1) is 5.92 Å². The summed E-state index contributed by atoms with van der Waals surface area (Å²) in [5.74, 6) is 0.121. The van der Waals surface area contributed by atoms with Crippen molar-refractivity contribution in [3.63, 3.8) is 0 Å². The first-order valence-electron chi connectivity index (χ1n) is 8.75. The van der Waals surface area contributed by atoms with E-state index in [9.17, 15) is 18.0 Å². The van der Waals surface area contributed by atoms with E-state index in [1.54, 1.807) is 37.6 Å². The van der Waals surface area contributed by atoms with Gasteiger partial charge in [0.15, 0.2) is 5.15 Å². The molecule has 2 aromatic heterocycles. The number of halogens is 4. The second kappa shape index (κ2) is 10.2. The van der Waals surface area contributed by atoms with E-state index in [0.29, 0.717) is 17.1 Å². The van der Waals surface area contributed by atoms with Crippen molar-refractivity contribution in [2.75, 3.05) is 23.5 Å². The van der Waals surface area contributed by atoms with Crippen molar-refractivity contribution in [3.05, 3.63) is 35.9 Å². The highest BCUT2D eigenvalue weighted by molar-refractivity contribution is 7.98. The third-order valence-electron chi connectivity index (χ3n) is 4.05. The highest BCUT2D eigenvalue weighted by Crippen LogP contribution is 2.29. The van der Waals surface area contributed by atoms with E-state index >= 15 is 0 Å². The Morgan fingerprint density at radius 1 is 1.39 bits per heavy atom. The molecule has 1 atom stereocenters. The molecule has 0 radical (unpaired) electrons. The Balaban J connectivity index is 2.23. The lowest BCUT2D eigenvalue weighted by molar-refractivity contribution is -0.135. The number of carbonyl (C=O) groups is 1. The van der Waals surface area contributed by atoms with E-state index < -0.39 is 12.6 Å². The molecule has 0 aliphatic heterocycles. The average molecular weight is 435 g/mol. The van der Waals surface area contributed by atoms with Gasteiger partial charge in [0, 0.05) is 30.8 Å². The summed E-state index contributed by atoms with van der Waals surface area (Å²) < 4.78 is 38.8. The molecule has 0 fully saturated rings. The molecule has 10 heteroatoms. The van der Waals surface area contributed by atoms with E-state index in [-0.39, 0.29) is 36.4 Å². The molecular weight excluding hydrogens is 413 g/mol. The quantitative estimate of drug-likeness (QED) is 0.522. The van der Waals surface area contributed by atoms with Crippen LogP contribution in [0.2, 0.25) is 5.15 Å². The van der Waals surface area contributed by atoms with Gasteiger partial charge in [-0.25, -0.2) is 4.68 Å². The van der Waals surface area contributed by atoms with Crippen molar-refractivity contribution in [1.82, 2.24) is 14.8 Å². The van der Waals surface area contributed by atoms with Gasteiger partial charge in [0.2, 0.25) is 5.91 Å². The molecule has 0 bridgehead atoms. The number of thioether (sulfide) groups is 1. The van der Waals surface area contributed by atoms with Crippen molar-refractivity contribution in [2.45, 2.75) is 32.4 Å². The predicted octanol–water partition coefficient (Wildman–Crippen LogP) is 4.99. The van der Waals surface area contributed by atoms with Crippen molar-refractivity contribution >= 4 is 35.0 Å². The molecule has 1 unspecified atom stereocenters. The number of carbonyl (C=O) groups excluding carboxylic acids is 1. The largest absolute Gasteiger partial charge is 0.389 e. The number of amides is 1. The molecule has 154 valence electrons. The highest BCUT2D eigenvalue weighted by atomic mass is 35.5. The van der Waals surface area contributed by atoms with Crippen LogP contribution in [0.15, 0.2) is 30.7 Å². The van der Waals surface area contributed by atoms with Crippen LogP contribution in [0.25, 0.3) is 5.69 Å². The Kier molecular flexibility index (Phi) is 8.18. The molecule has 0 spiro atoms. The zero-order chi connectivity index (χ0) is 20.7. The second-order valence-electron chi connectivity index (χ2n) is 6.38. The zero-order valence-corrected chi connectivity index (χ0v) is 17.2. The molecule has 0 aromatic carbocycles. The van der Waals surface area contributed by atoms with E-state index in [2.05, 4.69) is 10.1 Å². The minimum absolute atomic E-state index is 0.0570. The summed E-state index contributed by atoms with van der Waals surface area (Å²) in [7, 11) is 0. The lowest BCUT2D eigenvalue weighted by atomic mass is 10.1. The third-order valence-corrected chi connectivity index (χ3v) is 5.15. The van der Waals surface area contributed by atoms with Crippen LogP contribution in [0.3, 0.4) is 0 Å². The summed E-state index contributed by atoms with van der Waals surface area (Å²) in [4.78, 5) is 18.4. The lowest BCUT2D eigenvalue weighted by Crippen LogP contribution is -2.37. The number of anilines is 1. The molecule has 5 nitrogen and oxygen atoms in total. The van der Waals surface area contributed by atoms with Crippen LogP contribution in [-0.4, -0.2) is 45.4 Å². The Labute approximate surface area is 171 Å². The van der Waals surface area contributed by atoms with Crippen LogP contribution in [-0.2, 0) is 4.79 Å². The lowest BCUT2D eigenvalue weighted by Gasteiger charge is -2.25. The fraction of sp³-hybridized carbons (Fsp3) is 0.500. The number of pyridine rings is 1. The summed E-state index contributed by atoms with van der Waals surface area (Å²) in [6, 6.07) is 3.52. The predicted molar refractivity (Wildman–Crippen MR) is 106 cm³/mol. The molecule has 28 heavy (non-hydrogen) atoms. The van der Waals surface area contributed by atoms with Gasteiger partial charge in [-0.05, 0) is 31.2 Å². The zero-order valence-electron chi connectivity index (χ0n) is 15.6. The number of nitrogens with zero attached hydrogens (tertiary/aromatic N) is 4. The molecule has 0 saturated carbocycles. The van der Waals surface area contributed by atoms with Crippen molar-refractivity contribution in [2.24, 2.45) is 5.92 Å². The van der Waals surface area contributed by atoms with Gasteiger partial charge in [-0.3, -0.25) is 9.78 Å². The van der Waals surface area contributed by atoms with Crippen LogP contribution < -0.4 is 4.90 Å². The summed E-state index contributed by atoms with van der Waals surface area (Å²) in [6.45, 7) is 1.94. The maximum Gasteiger partial charge on any atom is 0.389 e. The van der Waals surface area contributed by atoms with Gasteiger partial charge in [-0.15, -0.1) is 0 Å². The summed E-state index contributed by atoms with van der Waals surface area (Å²) in [6.07, 6.45) is 1.79. The SMILES string of the molecule is CSCC(C)C(=O)N(CCCCC(F)(F)F)c1cn(-c2cccnc2)nc1Cl. The van der Waals surface area contributed by atoms with Gasteiger partial charge < -0.3 is 4.90 Å². The van der Waals surface area contributed by atoms with Crippen LogP contribution in [0.5, 0.6) is 0 Å². The molecule has 0 saturated heterocycles. The van der Waals surface area contributed by atoms with E-state index in [4.69, 9.17) is 11.6 Å². The standard InChI is InChI=1S/C18H22ClF3N4OS/c1-13(12-28-2)17(27)25(9-4-3-7-18(20,21)22)15-11-26(24-16(15)19)14-6-5-8-23-10-14/h5-6,8,10-11,13H,3-4,7,9,12H2,1-2H3. The average Bonchev–Trinajstić information content (AvgIpc) is 3.03. The first-order chi connectivity index (χ1) is 13.2. The number of hydrogen-bond donors (Lipinski definition) is 0. The highest BCUT2D eigenvalue weighted by Gasteiger charge is 2.28. The van der Waals surface area contributed by atoms with Gasteiger partial charge >= 0.3 is 6.18 Å². The smallest absolute Gasteiger partial charge is 0.308 e. The van der Waals surface area contributed by atoms with Gasteiger partial charge in [0.25, 0.3) is 0 Å². The first kappa shape index (κ1) is 22.5.